The van der Waals surface area contributed by atoms with E-state index in [-0.39, 0.29) is 5.78 Å². The Morgan fingerprint density at radius 1 is 1.19 bits per heavy atom. The zero-order valence-electron chi connectivity index (χ0n) is 14.1. The predicted molar refractivity (Wildman–Crippen MR) is 88.1 cm³/mol. The summed E-state index contributed by atoms with van der Waals surface area (Å²) >= 11 is 0. The van der Waals surface area contributed by atoms with E-state index in [4.69, 9.17) is 0 Å². The van der Waals surface area contributed by atoms with E-state index in [1.807, 2.05) is 6.92 Å². The van der Waals surface area contributed by atoms with Crippen molar-refractivity contribution in [1.82, 2.24) is 9.80 Å². The number of carbonyl (C=O) groups excluding carboxylic acids is 1. The summed E-state index contributed by atoms with van der Waals surface area (Å²) in [4.78, 5) is 17.2. The maximum absolute atomic E-state index is 12.7. The molecule has 1 aromatic carbocycles. The summed E-state index contributed by atoms with van der Waals surface area (Å²) in [5.41, 5.74) is 4.46. The number of benzene rings is 1. The average molecular weight is 288 g/mol. The number of aryl methyl sites for hydroxylation is 3. The monoisotopic (exact) mass is 288 g/mol. The van der Waals surface area contributed by atoms with Crippen molar-refractivity contribution >= 4 is 5.78 Å². The molecule has 21 heavy (non-hydrogen) atoms. The van der Waals surface area contributed by atoms with E-state index < -0.39 is 0 Å². The summed E-state index contributed by atoms with van der Waals surface area (Å²) in [6.07, 6.45) is 2.41. The maximum Gasteiger partial charge on any atom is 0.177 e. The lowest BCUT2D eigenvalue weighted by Gasteiger charge is -2.26. The van der Waals surface area contributed by atoms with E-state index in [2.05, 4.69) is 49.9 Å². The molecule has 1 atom stereocenters. The fraction of sp³-hybridized carbons (Fsp3) is 0.611. The molecule has 1 unspecified atom stereocenters. The summed E-state index contributed by atoms with van der Waals surface area (Å²) in [6, 6.07) is 4.71. The van der Waals surface area contributed by atoms with E-state index in [0.29, 0.717) is 12.6 Å². The Bertz CT molecular complexity index is 522. The van der Waals surface area contributed by atoms with E-state index >= 15 is 0 Å². The molecule has 0 aromatic heterocycles. The van der Waals surface area contributed by atoms with Gasteiger partial charge in [-0.1, -0.05) is 6.07 Å². The first kappa shape index (κ1) is 16.2. The summed E-state index contributed by atoms with van der Waals surface area (Å²) in [7, 11) is 4.21. The van der Waals surface area contributed by atoms with Crippen molar-refractivity contribution in [2.45, 2.75) is 39.7 Å². The highest BCUT2D eigenvalue weighted by atomic mass is 16.1. The van der Waals surface area contributed by atoms with Crippen LogP contribution in [0.4, 0.5) is 0 Å². The Balaban J connectivity index is 2.09. The predicted octanol–water partition coefficient (Wildman–Crippen LogP) is 2.82. The van der Waals surface area contributed by atoms with Gasteiger partial charge in [0.2, 0.25) is 0 Å². The van der Waals surface area contributed by atoms with Gasteiger partial charge in [0.15, 0.2) is 5.78 Å². The number of ketones is 1. The number of likely N-dealkylation sites (tertiary alicyclic amines) is 1. The summed E-state index contributed by atoms with van der Waals surface area (Å²) in [6.45, 7) is 8.87. The maximum atomic E-state index is 12.7. The van der Waals surface area contributed by atoms with Gasteiger partial charge in [0.05, 0.1) is 6.54 Å². The third-order valence-electron chi connectivity index (χ3n) is 4.56. The van der Waals surface area contributed by atoms with Crippen LogP contribution in [0.25, 0.3) is 0 Å². The van der Waals surface area contributed by atoms with Gasteiger partial charge in [-0.05, 0) is 77.0 Å². The van der Waals surface area contributed by atoms with Crippen LogP contribution >= 0.6 is 0 Å². The fourth-order valence-electron chi connectivity index (χ4n) is 3.26. The molecule has 0 radical (unpaired) electrons. The van der Waals surface area contributed by atoms with Gasteiger partial charge in [-0.2, -0.15) is 0 Å². The molecule has 116 valence electrons. The number of hydrogen-bond acceptors (Lipinski definition) is 3. The van der Waals surface area contributed by atoms with Gasteiger partial charge in [0.1, 0.15) is 0 Å². The van der Waals surface area contributed by atoms with Crippen LogP contribution in [0, 0.1) is 20.8 Å². The molecule has 0 bridgehead atoms. The van der Waals surface area contributed by atoms with Crippen molar-refractivity contribution in [2.75, 3.05) is 33.7 Å². The SMILES string of the molecule is Cc1cc(C)c(C(=O)CN2CCCC2CN(C)C)cc1C. The van der Waals surface area contributed by atoms with Crippen LogP contribution in [-0.4, -0.2) is 55.4 Å². The van der Waals surface area contributed by atoms with Crippen molar-refractivity contribution in [3.63, 3.8) is 0 Å². The second-order valence-corrected chi connectivity index (χ2v) is 6.70. The summed E-state index contributed by atoms with van der Waals surface area (Å²) < 4.78 is 0. The highest BCUT2D eigenvalue weighted by Crippen LogP contribution is 2.20. The van der Waals surface area contributed by atoms with Crippen LogP contribution in [0.1, 0.15) is 39.9 Å². The van der Waals surface area contributed by atoms with Gasteiger partial charge >= 0.3 is 0 Å². The molecule has 1 saturated heterocycles. The number of rotatable bonds is 5. The smallest absolute Gasteiger partial charge is 0.177 e. The minimum Gasteiger partial charge on any atom is -0.308 e. The molecule has 0 saturated carbocycles. The van der Waals surface area contributed by atoms with E-state index in [1.54, 1.807) is 0 Å². The largest absolute Gasteiger partial charge is 0.308 e. The molecule has 3 heteroatoms. The lowest BCUT2D eigenvalue weighted by Crippen LogP contribution is -2.40. The zero-order valence-corrected chi connectivity index (χ0v) is 14.1. The summed E-state index contributed by atoms with van der Waals surface area (Å²) in [5, 5.41) is 0. The van der Waals surface area contributed by atoms with Crippen LogP contribution in [0.2, 0.25) is 0 Å². The highest BCUT2D eigenvalue weighted by molar-refractivity contribution is 5.99. The Morgan fingerprint density at radius 2 is 1.86 bits per heavy atom. The standard InChI is InChI=1S/C18H28N2O/c1-13-9-15(3)17(10-14(13)2)18(21)12-20-8-6-7-16(20)11-19(4)5/h9-10,16H,6-8,11-12H2,1-5H3. The first-order valence-corrected chi connectivity index (χ1v) is 7.88. The topological polar surface area (TPSA) is 23.6 Å². The molecule has 1 heterocycles. The first-order chi connectivity index (χ1) is 9.88. The Morgan fingerprint density at radius 3 is 2.52 bits per heavy atom. The molecule has 3 nitrogen and oxygen atoms in total. The third-order valence-corrected chi connectivity index (χ3v) is 4.56. The van der Waals surface area contributed by atoms with Crippen LogP contribution in [-0.2, 0) is 0 Å². The Kier molecular flexibility index (Phi) is 5.17. The van der Waals surface area contributed by atoms with Gasteiger partial charge in [-0.25, -0.2) is 0 Å². The van der Waals surface area contributed by atoms with Crippen molar-refractivity contribution < 1.29 is 4.79 Å². The number of hydrogen-bond donors (Lipinski definition) is 0. The van der Waals surface area contributed by atoms with E-state index in [1.165, 1.54) is 24.0 Å². The molecule has 0 N–H and O–H groups in total. The van der Waals surface area contributed by atoms with Gasteiger partial charge in [-0.15, -0.1) is 0 Å². The van der Waals surface area contributed by atoms with Crippen LogP contribution in [0.3, 0.4) is 0 Å². The number of Topliss-reactive ketones (excluding diaryl/α,β-unsaturated/α-hetero) is 1. The molecule has 1 aromatic rings. The van der Waals surface area contributed by atoms with Crippen LogP contribution in [0.5, 0.6) is 0 Å². The van der Waals surface area contributed by atoms with Gasteiger partial charge in [-0.3, -0.25) is 9.69 Å². The number of likely N-dealkylation sites (N-methyl/N-ethyl adjacent to an activating group) is 1. The molecule has 0 amide bonds. The van der Waals surface area contributed by atoms with Gasteiger partial charge < -0.3 is 4.90 Å². The minimum atomic E-state index is 0.265. The van der Waals surface area contributed by atoms with Crippen LogP contribution < -0.4 is 0 Å². The minimum absolute atomic E-state index is 0.265. The van der Waals surface area contributed by atoms with Crippen molar-refractivity contribution in [1.29, 1.82) is 0 Å². The molecule has 1 aliphatic rings. The molecule has 1 aliphatic heterocycles. The molecule has 1 fully saturated rings. The second kappa shape index (κ2) is 6.71. The molecular weight excluding hydrogens is 260 g/mol. The van der Waals surface area contributed by atoms with Gasteiger partial charge in [0.25, 0.3) is 0 Å². The number of carbonyl (C=O) groups is 1. The number of nitrogens with zero attached hydrogens (tertiary/aromatic N) is 2. The van der Waals surface area contributed by atoms with Crippen molar-refractivity contribution in [2.24, 2.45) is 0 Å². The molecular formula is C18H28N2O. The lowest BCUT2D eigenvalue weighted by molar-refractivity contribution is 0.0909. The highest BCUT2D eigenvalue weighted by Gasteiger charge is 2.27. The Hall–Kier alpha value is -1.19. The third kappa shape index (κ3) is 3.92. The quantitative estimate of drug-likeness (QED) is 0.778. The fourth-order valence-corrected chi connectivity index (χ4v) is 3.26. The molecule has 2 rings (SSSR count). The Labute approximate surface area is 128 Å². The molecule has 0 spiro atoms. The second-order valence-electron chi connectivity index (χ2n) is 6.70. The zero-order chi connectivity index (χ0) is 15.6. The van der Waals surface area contributed by atoms with E-state index in [0.717, 1.165) is 24.2 Å². The van der Waals surface area contributed by atoms with E-state index in [9.17, 15) is 4.79 Å². The average Bonchev–Trinajstić information content (AvgIpc) is 2.80. The van der Waals surface area contributed by atoms with Crippen LogP contribution in [0.15, 0.2) is 12.1 Å². The van der Waals surface area contributed by atoms with Gasteiger partial charge in [0, 0.05) is 18.2 Å². The van der Waals surface area contributed by atoms with Crippen molar-refractivity contribution in [3.05, 3.63) is 34.4 Å². The summed E-state index contributed by atoms with van der Waals surface area (Å²) in [5.74, 6) is 0.265. The normalized spacial score (nSPS) is 19.4. The first-order valence-electron chi connectivity index (χ1n) is 7.88. The lowest BCUT2D eigenvalue weighted by atomic mass is 9.98. The van der Waals surface area contributed by atoms with Crippen molar-refractivity contribution in [3.8, 4) is 0 Å². The molecule has 0 aliphatic carbocycles.